The number of amides is 1. The smallest absolute Gasteiger partial charge is 0.253 e. The minimum Gasteiger partial charge on any atom is -0.395 e. The van der Waals surface area contributed by atoms with Gasteiger partial charge >= 0.3 is 0 Å². The Morgan fingerprint density at radius 1 is 1.25 bits per heavy atom. The number of carbonyl (C=O) groups is 1. The number of rotatable bonds is 6. The zero-order valence-corrected chi connectivity index (χ0v) is 9.72. The lowest BCUT2D eigenvalue weighted by molar-refractivity contribution is 0.0719. The maximum absolute atomic E-state index is 12.1. The van der Waals surface area contributed by atoms with Gasteiger partial charge in [0.2, 0.25) is 0 Å². The van der Waals surface area contributed by atoms with Crippen molar-refractivity contribution in [1.29, 1.82) is 0 Å². The monoisotopic (exact) mass is 221 g/mol. The van der Waals surface area contributed by atoms with E-state index in [4.69, 9.17) is 5.11 Å². The molecule has 0 aliphatic heterocycles. The van der Waals surface area contributed by atoms with Crippen molar-refractivity contribution in [1.82, 2.24) is 4.90 Å². The standard InChI is InChI=1S/C13H19NO2/c1-2-3-9-14(10-11-15)13(16)12-7-5-4-6-8-12/h4-8,15H,2-3,9-11H2,1H3. The second-order valence-corrected chi connectivity index (χ2v) is 3.74. The Morgan fingerprint density at radius 3 is 2.50 bits per heavy atom. The number of hydrogen-bond acceptors (Lipinski definition) is 2. The van der Waals surface area contributed by atoms with E-state index in [9.17, 15) is 4.79 Å². The summed E-state index contributed by atoms with van der Waals surface area (Å²) in [6.07, 6.45) is 2.02. The van der Waals surface area contributed by atoms with Crippen LogP contribution < -0.4 is 0 Å². The van der Waals surface area contributed by atoms with Gasteiger partial charge in [0.1, 0.15) is 0 Å². The number of aliphatic hydroxyl groups is 1. The van der Waals surface area contributed by atoms with Crippen LogP contribution >= 0.6 is 0 Å². The molecule has 0 radical (unpaired) electrons. The van der Waals surface area contributed by atoms with E-state index in [1.54, 1.807) is 17.0 Å². The second-order valence-electron chi connectivity index (χ2n) is 3.74. The first-order valence-electron chi connectivity index (χ1n) is 5.74. The molecule has 0 unspecified atom stereocenters. The minimum absolute atomic E-state index is 0.00287. The molecule has 3 nitrogen and oxygen atoms in total. The van der Waals surface area contributed by atoms with Gasteiger partial charge in [-0.2, -0.15) is 0 Å². The maximum atomic E-state index is 12.1. The van der Waals surface area contributed by atoms with E-state index >= 15 is 0 Å². The van der Waals surface area contributed by atoms with Gasteiger partial charge in [0.25, 0.3) is 5.91 Å². The summed E-state index contributed by atoms with van der Waals surface area (Å²) in [5.41, 5.74) is 0.687. The molecule has 1 amide bonds. The highest BCUT2D eigenvalue weighted by molar-refractivity contribution is 5.94. The van der Waals surface area contributed by atoms with Crippen LogP contribution in [0.15, 0.2) is 30.3 Å². The number of nitrogens with zero attached hydrogens (tertiary/aromatic N) is 1. The van der Waals surface area contributed by atoms with Crippen molar-refractivity contribution < 1.29 is 9.90 Å². The molecule has 1 aromatic rings. The van der Waals surface area contributed by atoms with Gasteiger partial charge in [0, 0.05) is 18.7 Å². The first-order chi connectivity index (χ1) is 7.79. The Hall–Kier alpha value is -1.35. The van der Waals surface area contributed by atoms with Gasteiger partial charge < -0.3 is 10.0 Å². The first kappa shape index (κ1) is 12.7. The van der Waals surface area contributed by atoms with Crippen LogP contribution in [0.2, 0.25) is 0 Å². The molecular formula is C13H19NO2. The molecule has 1 N–H and O–H groups in total. The van der Waals surface area contributed by atoms with Gasteiger partial charge in [-0.1, -0.05) is 31.5 Å². The Balaban J connectivity index is 2.67. The molecule has 1 rings (SSSR count). The Kier molecular flexibility index (Phi) is 5.57. The fourth-order valence-electron chi connectivity index (χ4n) is 1.55. The normalized spacial score (nSPS) is 10.1. The summed E-state index contributed by atoms with van der Waals surface area (Å²) in [6.45, 7) is 3.23. The number of aliphatic hydroxyl groups excluding tert-OH is 1. The SMILES string of the molecule is CCCCN(CCO)C(=O)c1ccccc1. The summed E-state index contributed by atoms with van der Waals surface area (Å²) in [5.74, 6) is 0.00287. The lowest BCUT2D eigenvalue weighted by Gasteiger charge is -2.21. The van der Waals surface area contributed by atoms with Crippen molar-refractivity contribution in [2.75, 3.05) is 19.7 Å². The highest BCUT2D eigenvalue weighted by Crippen LogP contribution is 2.05. The van der Waals surface area contributed by atoms with Crippen molar-refractivity contribution in [2.45, 2.75) is 19.8 Å². The fourth-order valence-corrected chi connectivity index (χ4v) is 1.55. The van der Waals surface area contributed by atoms with Crippen LogP contribution in [-0.4, -0.2) is 35.6 Å². The molecule has 88 valence electrons. The van der Waals surface area contributed by atoms with Crippen molar-refractivity contribution in [3.63, 3.8) is 0 Å². The first-order valence-corrected chi connectivity index (χ1v) is 5.74. The highest BCUT2D eigenvalue weighted by atomic mass is 16.3. The van der Waals surface area contributed by atoms with Crippen LogP contribution in [0.3, 0.4) is 0 Å². The molecule has 0 saturated carbocycles. The Bertz CT molecular complexity index is 311. The third kappa shape index (κ3) is 3.66. The van der Waals surface area contributed by atoms with Crippen molar-refractivity contribution in [2.24, 2.45) is 0 Å². The highest BCUT2D eigenvalue weighted by Gasteiger charge is 2.13. The summed E-state index contributed by atoms with van der Waals surface area (Å²) in [6, 6.07) is 9.20. The predicted octanol–water partition coefficient (Wildman–Crippen LogP) is 1.92. The summed E-state index contributed by atoms with van der Waals surface area (Å²) < 4.78 is 0. The number of hydrogen-bond donors (Lipinski definition) is 1. The predicted molar refractivity (Wildman–Crippen MR) is 64.3 cm³/mol. The molecule has 0 spiro atoms. The average molecular weight is 221 g/mol. The van der Waals surface area contributed by atoms with E-state index in [1.165, 1.54) is 0 Å². The minimum atomic E-state index is 0.00287. The van der Waals surface area contributed by atoms with Crippen molar-refractivity contribution in [3.05, 3.63) is 35.9 Å². The summed E-state index contributed by atoms with van der Waals surface area (Å²) in [4.78, 5) is 13.8. The zero-order chi connectivity index (χ0) is 11.8. The molecule has 1 aromatic carbocycles. The Labute approximate surface area is 96.7 Å². The molecule has 0 atom stereocenters. The third-order valence-corrected chi connectivity index (χ3v) is 2.46. The molecule has 0 heterocycles. The van der Waals surface area contributed by atoms with E-state index in [-0.39, 0.29) is 12.5 Å². The van der Waals surface area contributed by atoms with Crippen LogP contribution in [-0.2, 0) is 0 Å². The van der Waals surface area contributed by atoms with E-state index in [0.717, 1.165) is 12.8 Å². The van der Waals surface area contributed by atoms with Crippen LogP contribution in [0.1, 0.15) is 30.1 Å². The van der Waals surface area contributed by atoms with Crippen LogP contribution in [0.4, 0.5) is 0 Å². The molecule has 0 fully saturated rings. The maximum Gasteiger partial charge on any atom is 0.253 e. The van der Waals surface area contributed by atoms with Gasteiger partial charge in [0.05, 0.1) is 6.61 Å². The molecule has 0 aliphatic rings. The lowest BCUT2D eigenvalue weighted by Crippen LogP contribution is -2.34. The number of carbonyl (C=O) groups excluding carboxylic acids is 1. The molecule has 16 heavy (non-hydrogen) atoms. The van der Waals surface area contributed by atoms with Gasteiger partial charge in [-0.3, -0.25) is 4.79 Å². The molecule has 0 aromatic heterocycles. The van der Waals surface area contributed by atoms with Crippen LogP contribution in [0.25, 0.3) is 0 Å². The van der Waals surface area contributed by atoms with Gasteiger partial charge in [0.15, 0.2) is 0 Å². The summed E-state index contributed by atoms with van der Waals surface area (Å²) in [5, 5.41) is 8.94. The van der Waals surface area contributed by atoms with Gasteiger partial charge in [-0.25, -0.2) is 0 Å². The third-order valence-electron chi connectivity index (χ3n) is 2.46. The van der Waals surface area contributed by atoms with E-state index in [0.29, 0.717) is 18.7 Å². The van der Waals surface area contributed by atoms with Gasteiger partial charge in [-0.15, -0.1) is 0 Å². The summed E-state index contributed by atoms with van der Waals surface area (Å²) in [7, 11) is 0. The molecule has 0 bridgehead atoms. The van der Waals surface area contributed by atoms with Gasteiger partial charge in [-0.05, 0) is 18.6 Å². The molecule has 0 aliphatic carbocycles. The fraction of sp³-hybridized carbons (Fsp3) is 0.462. The lowest BCUT2D eigenvalue weighted by atomic mass is 10.2. The number of unbranched alkanes of at least 4 members (excludes halogenated alkanes) is 1. The quantitative estimate of drug-likeness (QED) is 0.797. The zero-order valence-electron chi connectivity index (χ0n) is 9.72. The largest absolute Gasteiger partial charge is 0.395 e. The topological polar surface area (TPSA) is 40.5 Å². The van der Waals surface area contributed by atoms with E-state index in [1.807, 2.05) is 18.2 Å². The van der Waals surface area contributed by atoms with E-state index < -0.39 is 0 Å². The van der Waals surface area contributed by atoms with Crippen LogP contribution in [0.5, 0.6) is 0 Å². The second kappa shape index (κ2) is 7.01. The van der Waals surface area contributed by atoms with Crippen molar-refractivity contribution in [3.8, 4) is 0 Å². The molecule has 0 saturated heterocycles. The van der Waals surface area contributed by atoms with Crippen LogP contribution in [0, 0.1) is 0 Å². The van der Waals surface area contributed by atoms with Crippen molar-refractivity contribution >= 4 is 5.91 Å². The molecular weight excluding hydrogens is 202 g/mol. The van der Waals surface area contributed by atoms with E-state index in [2.05, 4.69) is 6.92 Å². The Morgan fingerprint density at radius 2 is 1.94 bits per heavy atom. The number of benzene rings is 1. The summed E-state index contributed by atoms with van der Waals surface area (Å²) >= 11 is 0. The average Bonchev–Trinajstić information content (AvgIpc) is 2.35. The molecule has 3 heteroatoms.